The van der Waals surface area contributed by atoms with Gasteiger partial charge in [0, 0.05) is 55.5 Å². The molecule has 4 heterocycles. The van der Waals surface area contributed by atoms with Crippen LogP contribution in [0, 0.1) is 12.7 Å². The Hall–Kier alpha value is -3.40. The molecule has 0 unspecified atom stereocenters. The van der Waals surface area contributed by atoms with Gasteiger partial charge in [-0.25, -0.2) is 17.8 Å². The van der Waals surface area contributed by atoms with Crippen LogP contribution in [0.1, 0.15) is 18.4 Å². The molecule has 0 radical (unpaired) electrons. The first-order chi connectivity index (χ1) is 15.4. The number of hydrogen-bond acceptors (Lipinski definition) is 5. The fourth-order valence-electron chi connectivity index (χ4n) is 4.34. The maximum atomic E-state index is 15.0. The van der Waals surface area contributed by atoms with Gasteiger partial charge in [0.25, 0.3) is 10.0 Å². The van der Waals surface area contributed by atoms with Crippen molar-refractivity contribution in [2.24, 2.45) is 0 Å². The lowest BCUT2D eigenvalue weighted by molar-refractivity contribution is 0.594. The van der Waals surface area contributed by atoms with E-state index in [0.29, 0.717) is 33.4 Å². The van der Waals surface area contributed by atoms with E-state index in [1.165, 1.54) is 29.8 Å². The molecule has 4 aromatic rings. The Morgan fingerprint density at radius 2 is 1.91 bits per heavy atom. The second-order valence-corrected chi connectivity index (χ2v) is 9.95. The number of halogens is 1. The Morgan fingerprint density at radius 3 is 2.62 bits per heavy atom. The molecule has 1 fully saturated rings. The summed E-state index contributed by atoms with van der Waals surface area (Å²) in [6, 6.07) is 5.09. The van der Waals surface area contributed by atoms with Gasteiger partial charge in [-0.05, 0) is 43.5 Å². The second kappa shape index (κ2) is 7.63. The lowest BCUT2D eigenvalue weighted by Gasteiger charge is -2.22. The number of anilines is 2. The summed E-state index contributed by atoms with van der Waals surface area (Å²) in [7, 11) is -2.39. The van der Waals surface area contributed by atoms with E-state index in [1.54, 1.807) is 25.4 Å². The lowest BCUT2D eigenvalue weighted by Crippen LogP contribution is -2.27. The van der Waals surface area contributed by atoms with Gasteiger partial charge in [-0.2, -0.15) is 5.10 Å². The van der Waals surface area contributed by atoms with Gasteiger partial charge >= 0.3 is 0 Å². The van der Waals surface area contributed by atoms with Gasteiger partial charge in [-0.3, -0.25) is 9.40 Å². The highest BCUT2D eigenvalue weighted by Crippen LogP contribution is 2.40. The van der Waals surface area contributed by atoms with E-state index in [1.807, 2.05) is 6.07 Å². The summed E-state index contributed by atoms with van der Waals surface area (Å²) in [4.78, 5) is 9.77. The summed E-state index contributed by atoms with van der Waals surface area (Å²) in [5.74, 6) is -0.373. The highest BCUT2D eigenvalue weighted by atomic mass is 32.2. The van der Waals surface area contributed by atoms with Crippen molar-refractivity contribution in [2.75, 3.05) is 29.3 Å². The average Bonchev–Trinajstić information content (AvgIpc) is 3.55. The molecule has 166 valence electrons. The van der Waals surface area contributed by atoms with E-state index in [4.69, 9.17) is 0 Å². The number of hydrogen-bond donors (Lipinski definition) is 2. The van der Waals surface area contributed by atoms with E-state index in [2.05, 4.69) is 25.1 Å². The average molecular weight is 455 g/mol. The molecule has 5 rings (SSSR count). The van der Waals surface area contributed by atoms with E-state index in [0.717, 1.165) is 31.6 Å². The minimum Gasteiger partial charge on any atom is -0.372 e. The summed E-state index contributed by atoms with van der Waals surface area (Å²) < 4.78 is 42.7. The molecule has 0 spiro atoms. The number of nitrogens with zero attached hydrogens (tertiary/aromatic N) is 4. The van der Waals surface area contributed by atoms with Gasteiger partial charge < -0.3 is 9.88 Å². The van der Waals surface area contributed by atoms with E-state index in [9.17, 15) is 8.42 Å². The summed E-state index contributed by atoms with van der Waals surface area (Å²) in [5.41, 5.74) is 3.51. The standard InChI is InChI=1S/C22H23FN6O2S/c1-14-10-24-22-20(21(14)28(2)32(30,31)16-11-26-27-12-16)18(13-25-22)17-9-15(5-6-19(17)23)29-7-3-4-8-29/h5-6,9-13H,3-4,7-8H2,1-2H3,(H,24,25)(H,26,27). The van der Waals surface area contributed by atoms with Crippen LogP contribution >= 0.6 is 0 Å². The van der Waals surface area contributed by atoms with Gasteiger partial charge in [0.1, 0.15) is 16.4 Å². The van der Waals surface area contributed by atoms with Crippen LogP contribution in [0.2, 0.25) is 0 Å². The van der Waals surface area contributed by atoms with Crippen molar-refractivity contribution in [2.45, 2.75) is 24.7 Å². The number of benzene rings is 1. The van der Waals surface area contributed by atoms with Gasteiger partial charge in [-0.15, -0.1) is 0 Å². The number of aryl methyl sites for hydroxylation is 1. The van der Waals surface area contributed by atoms with Crippen LogP contribution in [0.4, 0.5) is 15.8 Å². The second-order valence-electron chi connectivity index (χ2n) is 7.98. The summed E-state index contributed by atoms with van der Waals surface area (Å²) in [6.07, 6.45) is 8.11. The molecule has 0 aliphatic carbocycles. The number of nitrogens with one attached hydrogen (secondary N) is 2. The van der Waals surface area contributed by atoms with Crippen molar-refractivity contribution < 1.29 is 12.8 Å². The molecule has 2 N–H and O–H groups in total. The summed E-state index contributed by atoms with van der Waals surface area (Å²) in [5, 5.41) is 6.85. The number of rotatable bonds is 5. The number of sulfonamides is 1. The fourth-order valence-corrected chi connectivity index (χ4v) is 5.52. The summed E-state index contributed by atoms with van der Waals surface area (Å²) >= 11 is 0. The van der Waals surface area contributed by atoms with Gasteiger partial charge in [-0.1, -0.05) is 0 Å². The first-order valence-corrected chi connectivity index (χ1v) is 11.8. The molecule has 1 aliphatic rings. The van der Waals surface area contributed by atoms with Crippen LogP contribution in [-0.4, -0.2) is 48.7 Å². The van der Waals surface area contributed by atoms with Gasteiger partial charge in [0.2, 0.25) is 0 Å². The molecular weight excluding hydrogens is 431 g/mol. The monoisotopic (exact) mass is 454 g/mol. The van der Waals surface area contributed by atoms with Crippen molar-refractivity contribution in [3.63, 3.8) is 0 Å². The van der Waals surface area contributed by atoms with Crippen LogP contribution in [0.15, 0.2) is 47.9 Å². The zero-order valence-electron chi connectivity index (χ0n) is 17.8. The quantitative estimate of drug-likeness (QED) is 0.478. The molecule has 0 atom stereocenters. The van der Waals surface area contributed by atoms with Crippen molar-refractivity contribution in [3.8, 4) is 11.1 Å². The minimum absolute atomic E-state index is 0.0451. The maximum Gasteiger partial charge on any atom is 0.267 e. The molecule has 3 aromatic heterocycles. The first kappa shape index (κ1) is 20.5. The number of aromatic amines is 2. The molecule has 1 aliphatic heterocycles. The van der Waals surface area contributed by atoms with Crippen LogP contribution < -0.4 is 9.21 Å². The van der Waals surface area contributed by atoms with Crippen LogP contribution in [0.3, 0.4) is 0 Å². The van der Waals surface area contributed by atoms with Crippen LogP contribution in [0.25, 0.3) is 22.2 Å². The fraction of sp³-hybridized carbons (Fsp3) is 0.273. The Labute approximate surface area is 185 Å². The first-order valence-electron chi connectivity index (χ1n) is 10.4. The Kier molecular flexibility index (Phi) is 4.89. The van der Waals surface area contributed by atoms with Crippen LogP contribution in [-0.2, 0) is 10.0 Å². The van der Waals surface area contributed by atoms with Crippen molar-refractivity contribution >= 4 is 32.4 Å². The molecule has 32 heavy (non-hydrogen) atoms. The molecule has 0 amide bonds. The highest BCUT2D eigenvalue weighted by Gasteiger charge is 2.28. The molecule has 1 saturated heterocycles. The largest absolute Gasteiger partial charge is 0.372 e. The predicted molar refractivity (Wildman–Crippen MR) is 122 cm³/mol. The molecular formula is C22H23FN6O2S. The lowest BCUT2D eigenvalue weighted by atomic mass is 10.0. The molecule has 10 heteroatoms. The minimum atomic E-state index is -3.87. The SMILES string of the molecule is Cc1cnc2[nH]cc(-c3cc(N4CCCC4)ccc3F)c2c1N(C)S(=O)(=O)c1cn[nH]c1. The van der Waals surface area contributed by atoms with Crippen molar-refractivity contribution in [3.05, 3.63) is 54.4 Å². The number of aromatic nitrogens is 4. The normalized spacial score (nSPS) is 14.4. The number of pyridine rings is 1. The van der Waals surface area contributed by atoms with E-state index >= 15 is 4.39 Å². The number of H-pyrrole nitrogens is 2. The number of fused-ring (bicyclic) bond motifs is 1. The third kappa shape index (κ3) is 3.22. The van der Waals surface area contributed by atoms with Gasteiger partial charge in [0.05, 0.1) is 17.3 Å². The van der Waals surface area contributed by atoms with Crippen molar-refractivity contribution in [1.82, 2.24) is 20.2 Å². The van der Waals surface area contributed by atoms with E-state index < -0.39 is 10.0 Å². The van der Waals surface area contributed by atoms with Gasteiger partial charge in [0.15, 0.2) is 0 Å². The molecule has 0 saturated carbocycles. The molecule has 8 nitrogen and oxygen atoms in total. The zero-order valence-corrected chi connectivity index (χ0v) is 18.6. The smallest absolute Gasteiger partial charge is 0.267 e. The Morgan fingerprint density at radius 1 is 1.12 bits per heavy atom. The predicted octanol–water partition coefficient (Wildman–Crippen LogP) is 3.83. The zero-order chi connectivity index (χ0) is 22.5. The van der Waals surface area contributed by atoms with Crippen LogP contribution in [0.5, 0.6) is 0 Å². The highest BCUT2D eigenvalue weighted by molar-refractivity contribution is 7.92. The Bertz CT molecular complexity index is 1390. The van der Waals surface area contributed by atoms with Crippen molar-refractivity contribution in [1.29, 1.82) is 0 Å². The third-order valence-electron chi connectivity index (χ3n) is 6.01. The maximum absolute atomic E-state index is 15.0. The Balaban J connectivity index is 1.71. The molecule has 0 bridgehead atoms. The third-order valence-corrected chi connectivity index (χ3v) is 7.74. The molecule has 1 aromatic carbocycles. The summed E-state index contributed by atoms with van der Waals surface area (Å²) in [6.45, 7) is 3.67. The topological polar surface area (TPSA) is 98.0 Å². The van der Waals surface area contributed by atoms with E-state index in [-0.39, 0.29) is 10.7 Å².